The van der Waals surface area contributed by atoms with E-state index in [1.165, 1.54) is 19.3 Å². The lowest BCUT2D eigenvalue weighted by Crippen LogP contribution is -2.35. The number of rotatable bonds is 3. The van der Waals surface area contributed by atoms with Gasteiger partial charge in [0, 0.05) is 17.0 Å². The molecule has 0 atom stereocenters. The van der Waals surface area contributed by atoms with Crippen LogP contribution < -0.4 is 5.73 Å². The molecule has 2 rings (SSSR count). The number of hydrogen-bond donors (Lipinski definition) is 1. The molecule has 1 fully saturated rings. The Bertz CT molecular complexity index is 413. The van der Waals surface area contributed by atoms with Crippen molar-refractivity contribution in [3.8, 4) is 0 Å². The zero-order valence-corrected chi connectivity index (χ0v) is 11.4. The van der Waals surface area contributed by atoms with Crippen molar-refractivity contribution in [2.45, 2.75) is 51.4 Å². The summed E-state index contributed by atoms with van der Waals surface area (Å²) in [5.41, 5.74) is 7.14. The average molecular weight is 245 g/mol. The first-order valence-electron chi connectivity index (χ1n) is 6.92. The van der Waals surface area contributed by atoms with Gasteiger partial charge in [-0.25, -0.2) is 0 Å². The molecule has 0 radical (unpaired) electrons. The fourth-order valence-electron chi connectivity index (χ4n) is 2.92. The second kappa shape index (κ2) is 5.13. The lowest BCUT2D eigenvalue weighted by Gasteiger charge is -2.31. The first kappa shape index (κ1) is 13.1. The number of hydrogen-bond acceptors (Lipinski definition) is 2. The molecule has 2 nitrogen and oxygen atoms in total. The SMILES string of the molecule is CC(C)(C(=O)C1CCCCC1)c1ccc(N)cc1. The predicted octanol–water partition coefficient (Wildman–Crippen LogP) is 3.70. The van der Waals surface area contributed by atoms with E-state index < -0.39 is 5.41 Å². The van der Waals surface area contributed by atoms with Crippen LogP contribution in [0.3, 0.4) is 0 Å². The third-order valence-electron chi connectivity index (χ3n) is 4.22. The molecule has 1 aromatic rings. The van der Waals surface area contributed by atoms with Gasteiger partial charge in [-0.1, -0.05) is 31.4 Å². The number of anilines is 1. The second-order valence-electron chi connectivity index (χ2n) is 5.95. The minimum atomic E-state index is -0.393. The summed E-state index contributed by atoms with van der Waals surface area (Å²) in [6, 6.07) is 7.72. The number of benzene rings is 1. The predicted molar refractivity (Wildman–Crippen MR) is 75.5 cm³/mol. The molecule has 1 aliphatic rings. The zero-order chi connectivity index (χ0) is 13.2. The monoisotopic (exact) mass is 245 g/mol. The van der Waals surface area contributed by atoms with Crippen LogP contribution in [0.5, 0.6) is 0 Å². The topological polar surface area (TPSA) is 43.1 Å². The summed E-state index contributed by atoms with van der Waals surface area (Å²) in [6.45, 7) is 4.07. The summed E-state index contributed by atoms with van der Waals surface area (Å²) in [4.78, 5) is 12.7. The highest BCUT2D eigenvalue weighted by atomic mass is 16.1. The third-order valence-corrected chi connectivity index (χ3v) is 4.22. The Morgan fingerprint density at radius 1 is 1.11 bits per heavy atom. The van der Waals surface area contributed by atoms with E-state index in [0.717, 1.165) is 24.1 Å². The van der Waals surface area contributed by atoms with Crippen molar-refractivity contribution in [3.05, 3.63) is 29.8 Å². The molecule has 0 spiro atoms. The van der Waals surface area contributed by atoms with E-state index in [2.05, 4.69) is 0 Å². The number of carbonyl (C=O) groups excluding carboxylic acids is 1. The fraction of sp³-hybridized carbons (Fsp3) is 0.562. The lowest BCUT2D eigenvalue weighted by atomic mass is 9.72. The van der Waals surface area contributed by atoms with Gasteiger partial charge in [-0.2, -0.15) is 0 Å². The molecule has 0 aromatic heterocycles. The maximum Gasteiger partial charge on any atom is 0.145 e. The summed E-state index contributed by atoms with van der Waals surface area (Å²) in [5.74, 6) is 0.651. The molecule has 0 bridgehead atoms. The Morgan fingerprint density at radius 3 is 2.22 bits per heavy atom. The second-order valence-corrected chi connectivity index (χ2v) is 5.95. The molecule has 2 heteroatoms. The first-order valence-corrected chi connectivity index (χ1v) is 6.92. The Balaban J connectivity index is 2.18. The van der Waals surface area contributed by atoms with Crippen molar-refractivity contribution < 1.29 is 4.79 Å². The van der Waals surface area contributed by atoms with Gasteiger partial charge in [0.15, 0.2) is 0 Å². The smallest absolute Gasteiger partial charge is 0.145 e. The quantitative estimate of drug-likeness (QED) is 0.825. The van der Waals surface area contributed by atoms with Gasteiger partial charge < -0.3 is 5.73 Å². The van der Waals surface area contributed by atoms with Gasteiger partial charge in [0.05, 0.1) is 0 Å². The van der Waals surface area contributed by atoms with Crippen molar-refractivity contribution in [3.63, 3.8) is 0 Å². The van der Waals surface area contributed by atoms with E-state index in [9.17, 15) is 4.79 Å². The van der Waals surface area contributed by atoms with E-state index >= 15 is 0 Å². The van der Waals surface area contributed by atoms with Crippen LogP contribution in [0.15, 0.2) is 24.3 Å². The Labute approximate surface area is 110 Å². The first-order chi connectivity index (χ1) is 8.51. The van der Waals surface area contributed by atoms with E-state index in [1.807, 2.05) is 38.1 Å². The summed E-state index contributed by atoms with van der Waals surface area (Å²) < 4.78 is 0. The molecule has 0 aliphatic heterocycles. The van der Waals surface area contributed by atoms with Crippen molar-refractivity contribution in [1.29, 1.82) is 0 Å². The van der Waals surface area contributed by atoms with Gasteiger partial charge >= 0.3 is 0 Å². The normalized spacial score (nSPS) is 17.7. The molecule has 1 aromatic carbocycles. The molecule has 1 saturated carbocycles. The maximum atomic E-state index is 12.7. The van der Waals surface area contributed by atoms with Crippen LogP contribution in [0, 0.1) is 5.92 Å². The van der Waals surface area contributed by atoms with Gasteiger partial charge in [0.2, 0.25) is 0 Å². The summed E-state index contributed by atoms with van der Waals surface area (Å²) in [7, 11) is 0. The molecular weight excluding hydrogens is 222 g/mol. The summed E-state index contributed by atoms with van der Waals surface area (Å²) in [6.07, 6.45) is 5.82. The van der Waals surface area contributed by atoms with Crippen LogP contribution in [0.2, 0.25) is 0 Å². The zero-order valence-electron chi connectivity index (χ0n) is 11.4. The van der Waals surface area contributed by atoms with Crippen LogP contribution >= 0.6 is 0 Å². The Kier molecular flexibility index (Phi) is 3.74. The van der Waals surface area contributed by atoms with Crippen LogP contribution in [-0.4, -0.2) is 5.78 Å². The van der Waals surface area contributed by atoms with Crippen LogP contribution in [0.25, 0.3) is 0 Å². The largest absolute Gasteiger partial charge is 0.399 e. The van der Waals surface area contributed by atoms with Crippen molar-refractivity contribution in [1.82, 2.24) is 0 Å². The molecule has 0 heterocycles. The minimum Gasteiger partial charge on any atom is -0.399 e. The molecule has 0 unspecified atom stereocenters. The van der Waals surface area contributed by atoms with Gasteiger partial charge in [0.1, 0.15) is 5.78 Å². The van der Waals surface area contributed by atoms with Crippen LogP contribution in [0.1, 0.15) is 51.5 Å². The van der Waals surface area contributed by atoms with Gasteiger partial charge in [0.25, 0.3) is 0 Å². The molecule has 18 heavy (non-hydrogen) atoms. The van der Waals surface area contributed by atoms with E-state index in [0.29, 0.717) is 5.78 Å². The van der Waals surface area contributed by atoms with Gasteiger partial charge in [-0.15, -0.1) is 0 Å². The molecule has 1 aliphatic carbocycles. The van der Waals surface area contributed by atoms with E-state index in [1.54, 1.807) is 0 Å². The molecule has 2 N–H and O–H groups in total. The van der Waals surface area contributed by atoms with Gasteiger partial charge in [-0.3, -0.25) is 4.79 Å². The highest BCUT2D eigenvalue weighted by Gasteiger charge is 2.35. The van der Waals surface area contributed by atoms with Crippen LogP contribution in [0.4, 0.5) is 5.69 Å². The molecule has 0 amide bonds. The summed E-state index contributed by atoms with van der Waals surface area (Å²) in [5, 5.41) is 0. The van der Waals surface area contributed by atoms with Crippen molar-refractivity contribution >= 4 is 11.5 Å². The van der Waals surface area contributed by atoms with Crippen LogP contribution in [-0.2, 0) is 10.2 Å². The Morgan fingerprint density at radius 2 is 1.67 bits per heavy atom. The molecular formula is C16H23NO. The number of nitrogen functional groups attached to an aromatic ring is 1. The van der Waals surface area contributed by atoms with E-state index in [4.69, 9.17) is 5.73 Å². The van der Waals surface area contributed by atoms with Crippen molar-refractivity contribution in [2.24, 2.45) is 5.92 Å². The number of nitrogens with two attached hydrogens (primary N) is 1. The molecule has 0 saturated heterocycles. The fourth-order valence-corrected chi connectivity index (χ4v) is 2.92. The number of carbonyl (C=O) groups is 1. The third kappa shape index (κ3) is 2.58. The standard InChI is InChI=1S/C16H23NO/c1-16(2,13-8-10-14(17)11-9-13)15(18)12-6-4-3-5-7-12/h8-12H,3-7,17H2,1-2H3. The summed E-state index contributed by atoms with van der Waals surface area (Å²) >= 11 is 0. The number of Topliss-reactive ketones (excluding diaryl/α,β-unsaturated/α-hetero) is 1. The lowest BCUT2D eigenvalue weighted by molar-refractivity contribution is -0.128. The Hall–Kier alpha value is -1.31. The van der Waals surface area contributed by atoms with E-state index in [-0.39, 0.29) is 5.92 Å². The maximum absolute atomic E-state index is 12.7. The average Bonchev–Trinajstić information content (AvgIpc) is 2.39. The molecule has 98 valence electrons. The highest BCUT2D eigenvalue weighted by molar-refractivity contribution is 5.91. The highest BCUT2D eigenvalue weighted by Crippen LogP contribution is 2.34. The number of ketones is 1. The van der Waals surface area contributed by atoms with Crippen molar-refractivity contribution in [2.75, 3.05) is 5.73 Å². The van der Waals surface area contributed by atoms with Gasteiger partial charge in [-0.05, 0) is 44.4 Å². The minimum absolute atomic E-state index is 0.256.